The van der Waals surface area contributed by atoms with Crippen LogP contribution in [0.25, 0.3) is 0 Å². The van der Waals surface area contributed by atoms with Crippen molar-refractivity contribution in [3.05, 3.63) is 94.5 Å². The lowest BCUT2D eigenvalue weighted by molar-refractivity contribution is 0.0945. The van der Waals surface area contributed by atoms with E-state index in [0.717, 1.165) is 35.3 Å². The zero-order valence-corrected chi connectivity index (χ0v) is 18.3. The monoisotopic (exact) mass is 464 g/mol. The average Bonchev–Trinajstić information content (AvgIpc) is 3.26. The smallest absolute Gasteiger partial charge is 0.251 e. The van der Waals surface area contributed by atoms with Crippen molar-refractivity contribution in [1.29, 1.82) is 0 Å². The van der Waals surface area contributed by atoms with Gasteiger partial charge in [-0.05, 0) is 48.7 Å². The molecule has 1 aliphatic rings. The van der Waals surface area contributed by atoms with Gasteiger partial charge in [0.05, 0.1) is 0 Å². The van der Waals surface area contributed by atoms with Gasteiger partial charge in [0, 0.05) is 40.9 Å². The number of amides is 1. The highest BCUT2D eigenvalue weighted by Gasteiger charge is 2.23. The number of hydrogen-bond acceptors (Lipinski definition) is 3. The Kier molecular flexibility index (Phi) is 6.70. The van der Waals surface area contributed by atoms with Crippen LogP contribution < -0.4 is 15.0 Å². The van der Waals surface area contributed by atoms with Gasteiger partial charge in [0.15, 0.2) is 0 Å². The Balaban J connectivity index is 1.32. The van der Waals surface area contributed by atoms with Crippen molar-refractivity contribution in [2.24, 2.45) is 5.92 Å². The molecule has 1 fully saturated rings. The summed E-state index contributed by atoms with van der Waals surface area (Å²) in [4.78, 5) is 15.2. The average molecular weight is 465 g/mol. The quantitative estimate of drug-likeness (QED) is 0.516. The van der Waals surface area contributed by atoms with Crippen LogP contribution in [0.5, 0.6) is 5.75 Å². The first kappa shape index (κ1) is 20.5. The molecule has 3 aromatic carbocycles. The molecule has 4 rings (SSSR count). The first-order chi connectivity index (χ1) is 14.7. The third-order valence-corrected chi connectivity index (χ3v) is 5.90. The molecule has 1 N–H and O–H groups in total. The Bertz CT molecular complexity index is 993. The van der Waals surface area contributed by atoms with Gasteiger partial charge in [-0.1, -0.05) is 58.4 Å². The molecule has 154 valence electrons. The molecule has 0 radical (unpaired) electrons. The fraction of sp³-hybridized carbons (Fsp3) is 0.240. The third-order valence-electron chi connectivity index (χ3n) is 5.41. The standard InChI is InChI=1S/C25H25BrN2O2/c26-21-8-6-9-22(15-21)28-14-13-19(17-28)16-27-25(29)24-12-5-4-7-20(24)18-30-23-10-2-1-3-11-23/h1-12,15,19H,13-14,16-18H2,(H,27,29). The minimum Gasteiger partial charge on any atom is -0.489 e. The van der Waals surface area contributed by atoms with Crippen molar-refractivity contribution in [2.75, 3.05) is 24.5 Å². The molecule has 1 saturated heterocycles. The number of ether oxygens (including phenoxy) is 1. The summed E-state index contributed by atoms with van der Waals surface area (Å²) in [7, 11) is 0. The molecular weight excluding hydrogens is 440 g/mol. The Labute approximate surface area is 186 Å². The molecule has 4 nitrogen and oxygen atoms in total. The first-order valence-corrected chi connectivity index (χ1v) is 11.0. The number of nitrogens with zero attached hydrogens (tertiary/aromatic N) is 1. The van der Waals surface area contributed by atoms with Crippen LogP contribution in [-0.4, -0.2) is 25.5 Å². The van der Waals surface area contributed by atoms with Crippen molar-refractivity contribution in [1.82, 2.24) is 5.32 Å². The number of nitrogens with one attached hydrogen (secondary N) is 1. The van der Waals surface area contributed by atoms with Gasteiger partial charge in [-0.3, -0.25) is 4.79 Å². The maximum atomic E-state index is 12.8. The number of benzene rings is 3. The molecule has 0 aromatic heterocycles. The van der Waals surface area contributed by atoms with Gasteiger partial charge in [-0.15, -0.1) is 0 Å². The zero-order valence-electron chi connectivity index (χ0n) is 16.8. The Hall–Kier alpha value is -2.79. The SMILES string of the molecule is O=C(NCC1CCN(c2cccc(Br)c2)C1)c1ccccc1COc1ccccc1. The molecule has 0 saturated carbocycles. The van der Waals surface area contributed by atoms with Crippen LogP contribution in [0.2, 0.25) is 0 Å². The van der Waals surface area contributed by atoms with Crippen molar-refractivity contribution in [3.63, 3.8) is 0 Å². The van der Waals surface area contributed by atoms with E-state index in [9.17, 15) is 4.79 Å². The van der Waals surface area contributed by atoms with Gasteiger partial charge in [-0.2, -0.15) is 0 Å². The number of para-hydroxylation sites is 1. The summed E-state index contributed by atoms with van der Waals surface area (Å²) in [6.07, 6.45) is 1.07. The van der Waals surface area contributed by atoms with Gasteiger partial charge >= 0.3 is 0 Å². The summed E-state index contributed by atoms with van der Waals surface area (Å²) < 4.78 is 6.93. The summed E-state index contributed by atoms with van der Waals surface area (Å²) in [5, 5.41) is 3.13. The summed E-state index contributed by atoms with van der Waals surface area (Å²) in [6.45, 7) is 3.01. The maximum absolute atomic E-state index is 12.8. The van der Waals surface area contributed by atoms with Crippen molar-refractivity contribution in [2.45, 2.75) is 13.0 Å². The zero-order chi connectivity index (χ0) is 20.8. The molecule has 1 unspecified atom stereocenters. The fourth-order valence-electron chi connectivity index (χ4n) is 3.78. The predicted molar refractivity (Wildman–Crippen MR) is 124 cm³/mol. The number of anilines is 1. The highest BCUT2D eigenvalue weighted by Crippen LogP contribution is 2.26. The number of carbonyl (C=O) groups excluding carboxylic acids is 1. The summed E-state index contributed by atoms with van der Waals surface area (Å²) in [5.41, 5.74) is 2.79. The van der Waals surface area contributed by atoms with Gasteiger partial charge in [0.1, 0.15) is 12.4 Å². The number of carbonyl (C=O) groups is 1. The lowest BCUT2D eigenvalue weighted by atomic mass is 10.1. The predicted octanol–water partition coefficient (Wildman–Crippen LogP) is 5.28. The maximum Gasteiger partial charge on any atom is 0.251 e. The fourth-order valence-corrected chi connectivity index (χ4v) is 4.17. The van der Waals surface area contributed by atoms with Gasteiger partial charge in [-0.25, -0.2) is 0 Å². The molecule has 5 heteroatoms. The van der Waals surface area contributed by atoms with E-state index in [2.05, 4.69) is 44.3 Å². The van der Waals surface area contributed by atoms with Crippen LogP contribution >= 0.6 is 15.9 Å². The van der Waals surface area contributed by atoms with Crippen LogP contribution in [0.4, 0.5) is 5.69 Å². The molecule has 1 heterocycles. The Morgan fingerprint density at radius 1 is 1.03 bits per heavy atom. The molecule has 3 aromatic rings. The molecule has 0 aliphatic carbocycles. The second kappa shape index (κ2) is 9.81. The van der Waals surface area contributed by atoms with E-state index in [0.29, 0.717) is 24.6 Å². The summed E-state index contributed by atoms with van der Waals surface area (Å²) in [5.74, 6) is 1.20. The topological polar surface area (TPSA) is 41.6 Å². The second-order valence-electron chi connectivity index (χ2n) is 7.55. The minimum atomic E-state index is -0.0387. The largest absolute Gasteiger partial charge is 0.489 e. The molecule has 0 bridgehead atoms. The van der Waals surface area contributed by atoms with Gasteiger partial charge in [0.25, 0.3) is 5.91 Å². The third kappa shape index (κ3) is 5.22. The molecule has 1 aliphatic heterocycles. The van der Waals surface area contributed by atoms with Crippen LogP contribution in [-0.2, 0) is 6.61 Å². The van der Waals surface area contributed by atoms with Crippen LogP contribution in [0.3, 0.4) is 0 Å². The van der Waals surface area contributed by atoms with Crippen molar-refractivity contribution in [3.8, 4) is 5.75 Å². The molecule has 0 spiro atoms. The van der Waals surface area contributed by atoms with Crippen molar-refractivity contribution >= 4 is 27.5 Å². The molecule has 1 atom stereocenters. The van der Waals surface area contributed by atoms with E-state index in [1.807, 2.05) is 60.7 Å². The minimum absolute atomic E-state index is 0.0387. The van der Waals surface area contributed by atoms with E-state index in [-0.39, 0.29) is 5.91 Å². The van der Waals surface area contributed by atoms with E-state index in [1.165, 1.54) is 5.69 Å². The highest BCUT2D eigenvalue weighted by molar-refractivity contribution is 9.10. The summed E-state index contributed by atoms with van der Waals surface area (Å²) in [6, 6.07) is 25.7. The van der Waals surface area contributed by atoms with E-state index in [1.54, 1.807) is 0 Å². The normalized spacial score (nSPS) is 15.8. The molecular formula is C25H25BrN2O2. The number of hydrogen-bond donors (Lipinski definition) is 1. The van der Waals surface area contributed by atoms with Gasteiger partial charge < -0.3 is 15.0 Å². The van der Waals surface area contributed by atoms with E-state index < -0.39 is 0 Å². The lowest BCUT2D eigenvalue weighted by Crippen LogP contribution is -2.31. The lowest BCUT2D eigenvalue weighted by Gasteiger charge is -2.19. The van der Waals surface area contributed by atoms with Gasteiger partial charge in [0.2, 0.25) is 0 Å². The van der Waals surface area contributed by atoms with Crippen LogP contribution in [0.15, 0.2) is 83.3 Å². The molecule has 1 amide bonds. The number of halogens is 1. The Morgan fingerprint density at radius 3 is 2.67 bits per heavy atom. The highest BCUT2D eigenvalue weighted by atomic mass is 79.9. The van der Waals surface area contributed by atoms with E-state index >= 15 is 0 Å². The second-order valence-corrected chi connectivity index (χ2v) is 8.47. The summed E-state index contributed by atoms with van der Waals surface area (Å²) >= 11 is 3.54. The number of rotatable bonds is 7. The Morgan fingerprint density at radius 2 is 1.83 bits per heavy atom. The van der Waals surface area contributed by atoms with Crippen molar-refractivity contribution < 1.29 is 9.53 Å². The van der Waals surface area contributed by atoms with Crippen LogP contribution in [0.1, 0.15) is 22.3 Å². The van der Waals surface area contributed by atoms with Crippen LogP contribution in [0, 0.1) is 5.92 Å². The first-order valence-electron chi connectivity index (χ1n) is 10.2. The van der Waals surface area contributed by atoms with E-state index in [4.69, 9.17) is 4.74 Å². The molecule has 30 heavy (non-hydrogen) atoms.